The molecule has 0 heterocycles. The van der Waals surface area contributed by atoms with Crippen LogP contribution in [0.15, 0.2) is 0 Å². The molecule has 0 aromatic carbocycles. The minimum Gasteiger partial charge on any atom is -0.354 e. The van der Waals surface area contributed by atoms with Crippen molar-refractivity contribution in [2.24, 2.45) is 11.3 Å². The molecule has 1 atom stereocenters. The van der Waals surface area contributed by atoms with E-state index in [-0.39, 0.29) is 5.91 Å². The molecule has 0 radical (unpaired) electrons. The summed E-state index contributed by atoms with van der Waals surface area (Å²) >= 11 is 0. The first kappa shape index (κ1) is 10.0. The van der Waals surface area contributed by atoms with Crippen molar-refractivity contribution < 1.29 is 4.79 Å². The number of nitrogens with one attached hydrogen (secondary N) is 1. The van der Waals surface area contributed by atoms with E-state index >= 15 is 0 Å². The van der Waals surface area contributed by atoms with Crippen molar-refractivity contribution >= 4 is 5.91 Å². The molecule has 72 valence electrons. The van der Waals surface area contributed by atoms with E-state index in [4.69, 9.17) is 5.26 Å². The summed E-state index contributed by atoms with van der Waals surface area (Å²) in [6.07, 6.45) is 3.01. The second-order valence-electron chi connectivity index (χ2n) is 3.95. The zero-order valence-electron chi connectivity index (χ0n) is 8.26. The molecule has 0 saturated heterocycles. The summed E-state index contributed by atoms with van der Waals surface area (Å²) in [5.41, 5.74) is -0.838. The molecule has 1 amide bonds. The van der Waals surface area contributed by atoms with Crippen LogP contribution in [0.4, 0.5) is 0 Å². The second-order valence-corrected chi connectivity index (χ2v) is 3.95. The lowest BCUT2D eigenvalue weighted by Crippen LogP contribution is -2.38. The first-order valence-corrected chi connectivity index (χ1v) is 4.82. The summed E-state index contributed by atoms with van der Waals surface area (Å²) in [4.78, 5) is 11.5. The molecule has 1 saturated carbocycles. The predicted octanol–water partition coefficient (Wildman–Crippen LogP) is 1.45. The minimum absolute atomic E-state index is 0.121. The molecule has 3 heteroatoms. The van der Waals surface area contributed by atoms with Gasteiger partial charge < -0.3 is 5.32 Å². The molecule has 1 unspecified atom stereocenters. The van der Waals surface area contributed by atoms with Crippen LogP contribution in [-0.2, 0) is 4.79 Å². The van der Waals surface area contributed by atoms with E-state index in [9.17, 15) is 4.79 Å². The standard InChI is InChI=1S/C10H16N2O/c1-3-10(2,7-11)9(13)12-6-8-4-5-8/h8H,3-6H2,1-2H3,(H,12,13). The maximum atomic E-state index is 11.5. The Kier molecular flexibility index (Phi) is 2.92. The smallest absolute Gasteiger partial charge is 0.240 e. The highest BCUT2D eigenvalue weighted by Crippen LogP contribution is 2.28. The van der Waals surface area contributed by atoms with Crippen molar-refractivity contribution in [1.29, 1.82) is 5.26 Å². The van der Waals surface area contributed by atoms with Gasteiger partial charge in [0.2, 0.25) is 5.91 Å². The maximum absolute atomic E-state index is 11.5. The molecular weight excluding hydrogens is 164 g/mol. The third kappa shape index (κ3) is 2.45. The first-order valence-electron chi connectivity index (χ1n) is 4.82. The Morgan fingerprint density at radius 2 is 2.31 bits per heavy atom. The van der Waals surface area contributed by atoms with Gasteiger partial charge in [0.05, 0.1) is 6.07 Å². The van der Waals surface area contributed by atoms with E-state index in [1.54, 1.807) is 6.92 Å². The number of hydrogen-bond donors (Lipinski definition) is 1. The van der Waals surface area contributed by atoms with Crippen LogP contribution in [0.5, 0.6) is 0 Å². The van der Waals surface area contributed by atoms with Crippen LogP contribution in [0.25, 0.3) is 0 Å². The molecule has 0 spiro atoms. The molecule has 0 aliphatic heterocycles. The van der Waals surface area contributed by atoms with Gasteiger partial charge in [-0.2, -0.15) is 5.26 Å². The molecule has 1 aliphatic rings. The summed E-state index contributed by atoms with van der Waals surface area (Å²) < 4.78 is 0. The Morgan fingerprint density at radius 1 is 1.69 bits per heavy atom. The van der Waals surface area contributed by atoms with Crippen molar-refractivity contribution in [3.8, 4) is 6.07 Å². The molecule has 0 aromatic rings. The van der Waals surface area contributed by atoms with Crippen molar-refractivity contribution in [1.82, 2.24) is 5.32 Å². The third-order valence-corrected chi connectivity index (χ3v) is 2.70. The van der Waals surface area contributed by atoms with E-state index in [2.05, 4.69) is 11.4 Å². The summed E-state index contributed by atoms with van der Waals surface area (Å²) in [5.74, 6) is 0.549. The van der Waals surface area contributed by atoms with Crippen molar-refractivity contribution in [2.75, 3.05) is 6.54 Å². The van der Waals surface area contributed by atoms with Crippen LogP contribution in [0, 0.1) is 22.7 Å². The maximum Gasteiger partial charge on any atom is 0.240 e. The fraction of sp³-hybridized carbons (Fsp3) is 0.800. The number of carbonyl (C=O) groups is 1. The van der Waals surface area contributed by atoms with Crippen LogP contribution in [0.3, 0.4) is 0 Å². The van der Waals surface area contributed by atoms with Gasteiger partial charge >= 0.3 is 0 Å². The topological polar surface area (TPSA) is 52.9 Å². The summed E-state index contributed by atoms with van der Waals surface area (Å²) in [6, 6.07) is 2.06. The van der Waals surface area contributed by atoms with Crippen LogP contribution < -0.4 is 5.32 Å². The highest BCUT2D eigenvalue weighted by Gasteiger charge is 2.32. The summed E-state index contributed by atoms with van der Waals surface area (Å²) in [6.45, 7) is 4.30. The molecule has 0 aromatic heterocycles. The Labute approximate surface area is 79.1 Å². The van der Waals surface area contributed by atoms with Gasteiger partial charge in [-0.05, 0) is 32.1 Å². The SMILES string of the molecule is CCC(C)(C#N)C(=O)NCC1CC1. The highest BCUT2D eigenvalue weighted by atomic mass is 16.2. The molecule has 3 nitrogen and oxygen atoms in total. The summed E-state index contributed by atoms with van der Waals surface area (Å²) in [5, 5.41) is 11.7. The first-order chi connectivity index (χ1) is 6.12. The quantitative estimate of drug-likeness (QED) is 0.712. The lowest BCUT2D eigenvalue weighted by Gasteiger charge is -2.18. The highest BCUT2D eigenvalue weighted by molar-refractivity contribution is 5.84. The van der Waals surface area contributed by atoms with E-state index in [1.165, 1.54) is 12.8 Å². The second kappa shape index (κ2) is 3.78. The van der Waals surface area contributed by atoms with Crippen LogP contribution in [0.2, 0.25) is 0 Å². The van der Waals surface area contributed by atoms with Gasteiger partial charge in [-0.15, -0.1) is 0 Å². The lowest BCUT2D eigenvalue weighted by molar-refractivity contribution is -0.127. The number of carbonyl (C=O) groups excluding carboxylic acids is 1. The van der Waals surface area contributed by atoms with Gasteiger partial charge in [-0.25, -0.2) is 0 Å². The minimum atomic E-state index is -0.838. The van der Waals surface area contributed by atoms with E-state index in [0.717, 1.165) is 6.54 Å². The monoisotopic (exact) mass is 180 g/mol. The molecule has 1 fully saturated rings. The molecular formula is C10H16N2O. The fourth-order valence-electron chi connectivity index (χ4n) is 1.04. The van der Waals surface area contributed by atoms with Gasteiger partial charge in [0.15, 0.2) is 0 Å². The number of rotatable bonds is 4. The molecule has 13 heavy (non-hydrogen) atoms. The molecule has 0 bridgehead atoms. The van der Waals surface area contributed by atoms with Crippen LogP contribution in [-0.4, -0.2) is 12.5 Å². The number of nitrogens with zero attached hydrogens (tertiary/aromatic N) is 1. The van der Waals surface area contributed by atoms with E-state index in [1.807, 2.05) is 6.92 Å². The normalized spacial score (nSPS) is 20.1. The van der Waals surface area contributed by atoms with Gasteiger partial charge in [0, 0.05) is 6.54 Å². The Morgan fingerprint density at radius 3 is 2.69 bits per heavy atom. The molecule has 1 rings (SSSR count). The van der Waals surface area contributed by atoms with Gasteiger partial charge in [-0.1, -0.05) is 6.92 Å². The van der Waals surface area contributed by atoms with Crippen LogP contribution >= 0.6 is 0 Å². The van der Waals surface area contributed by atoms with Crippen molar-refractivity contribution in [3.05, 3.63) is 0 Å². The molecule has 1 N–H and O–H groups in total. The average Bonchev–Trinajstić information content (AvgIpc) is 2.96. The third-order valence-electron chi connectivity index (χ3n) is 2.70. The zero-order chi connectivity index (χ0) is 9.90. The predicted molar refractivity (Wildman–Crippen MR) is 49.7 cm³/mol. The number of hydrogen-bond acceptors (Lipinski definition) is 2. The van der Waals surface area contributed by atoms with Crippen molar-refractivity contribution in [3.63, 3.8) is 0 Å². The van der Waals surface area contributed by atoms with Gasteiger partial charge in [0.1, 0.15) is 5.41 Å². The zero-order valence-corrected chi connectivity index (χ0v) is 8.26. The molecule has 1 aliphatic carbocycles. The largest absolute Gasteiger partial charge is 0.354 e. The number of nitriles is 1. The number of amides is 1. The lowest BCUT2D eigenvalue weighted by atomic mass is 9.88. The Bertz CT molecular complexity index is 240. The van der Waals surface area contributed by atoms with Crippen LogP contribution in [0.1, 0.15) is 33.1 Å². The Hall–Kier alpha value is -1.04. The van der Waals surface area contributed by atoms with E-state index < -0.39 is 5.41 Å². The Balaban J connectivity index is 2.39. The fourth-order valence-corrected chi connectivity index (χ4v) is 1.04. The summed E-state index contributed by atoms with van der Waals surface area (Å²) in [7, 11) is 0. The van der Waals surface area contributed by atoms with Crippen molar-refractivity contribution in [2.45, 2.75) is 33.1 Å². The van der Waals surface area contributed by atoms with E-state index in [0.29, 0.717) is 12.3 Å². The van der Waals surface area contributed by atoms with Gasteiger partial charge in [0.25, 0.3) is 0 Å². The average molecular weight is 180 g/mol. The van der Waals surface area contributed by atoms with Gasteiger partial charge in [-0.3, -0.25) is 4.79 Å².